The lowest BCUT2D eigenvalue weighted by atomic mass is 10.1. The number of nitrogens with zero attached hydrogens (tertiary/aromatic N) is 2. The molecule has 0 saturated carbocycles. The zero-order valence-corrected chi connectivity index (χ0v) is 18.4. The molecule has 1 N–H and O–H groups in total. The fourth-order valence-corrected chi connectivity index (χ4v) is 4.51. The highest BCUT2D eigenvalue weighted by atomic mass is 127. The maximum Gasteiger partial charge on any atom is 0.238 e. The van der Waals surface area contributed by atoms with Crippen molar-refractivity contribution in [2.75, 3.05) is 44.6 Å². The van der Waals surface area contributed by atoms with Gasteiger partial charge in [-0.1, -0.05) is 12.1 Å². The molecule has 2 aromatic rings. The highest BCUT2D eigenvalue weighted by Crippen LogP contribution is 2.26. The van der Waals surface area contributed by atoms with Gasteiger partial charge in [0.1, 0.15) is 5.75 Å². The molecule has 0 unspecified atom stereocenters. The van der Waals surface area contributed by atoms with Crippen LogP contribution in [-0.4, -0.2) is 55.0 Å². The van der Waals surface area contributed by atoms with Crippen molar-refractivity contribution >= 4 is 34.2 Å². The van der Waals surface area contributed by atoms with Crippen LogP contribution in [0.4, 0.5) is 5.69 Å². The Kier molecular flexibility index (Phi) is 6.18. The molecule has 2 aromatic carbocycles. The monoisotopic (exact) mass is 491 g/mol. The fourth-order valence-electron chi connectivity index (χ4n) is 3.86. The number of aryl methyl sites for hydroxylation is 1. The van der Waals surface area contributed by atoms with E-state index in [1.807, 2.05) is 19.1 Å². The molecule has 0 bridgehead atoms. The van der Waals surface area contributed by atoms with Crippen LogP contribution in [0.1, 0.15) is 16.7 Å². The average molecular weight is 491 g/mol. The Morgan fingerprint density at radius 2 is 1.89 bits per heavy atom. The number of anilines is 1. The molecule has 0 radical (unpaired) electrons. The van der Waals surface area contributed by atoms with Gasteiger partial charge >= 0.3 is 0 Å². The molecule has 0 aromatic heterocycles. The Hall–Kier alpha value is -1.64. The number of hydrogen-bond acceptors (Lipinski definition) is 4. The molecular weight excluding hydrogens is 465 g/mol. The van der Waals surface area contributed by atoms with Crippen LogP contribution >= 0.6 is 22.6 Å². The molecule has 2 aliphatic heterocycles. The van der Waals surface area contributed by atoms with Gasteiger partial charge in [0.05, 0.1) is 13.2 Å². The number of nitrogens with one attached hydrogen (secondary N) is 1. The van der Waals surface area contributed by atoms with Crippen molar-refractivity contribution in [2.45, 2.75) is 19.9 Å². The van der Waals surface area contributed by atoms with Gasteiger partial charge in [-0.25, -0.2) is 0 Å². The standard InChI is InChI=1S/C22H26IN3O2/c1-16-12-19(23)3-4-20(16)24-22(27)15-26-9-7-25(8-10-26)14-17-2-5-21-18(13-17)6-11-28-21/h2-5,12-13H,6-11,14-15H2,1H3,(H,24,27). The van der Waals surface area contributed by atoms with Gasteiger partial charge in [0.15, 0.2) is 0 Å². The lowest BCUT2D eigenvalue weighted by Gasteiger charge is -2.34. The summed E-state index contributed by atoms with van der Waals surface area (Å²) in [6.07, 6.45) is 1.02. The van der Waals surface area contributed by atoms with E-state index in [0.29, 0.717) is 6.54 Å². The van der Waals surface area contributed by atoms with Crippen molar-refractivity contribution in [3.63, 3.8) is 0 Å². The minimum atomic E-state index is 0.0661. The van der Waals surface area contributed by atoms with Crippen LogP contribution < -0.4 is 10.1 Å². The van der Waals surface area contributed by atoms with Crippen LogP contribution in [-0.2, 0) is 17.8 Å². The molecule has 1 amide bonds. The first-order valence-electron chi connectivity index (χ1n) is 9.82. The predicted octanol–water partition coefficient (Wildman–Crippen LogP) is 3.29. The number of amides is 1. The zero-order chi connectivity index (χ0) is 19.5. The Morgan fingerprint density at radius 1 is 1.11 bits per heavy atom. The number of halogens is 1. The smallest absolute Gasteiger partial charge is 0.238 e. The summed E-state index contributed by atoms with van der Waals surface area (Å²) in [5.41, 5.74) is 4.69. The molecule has 148 valence electrons. The second-order valence-corrected chi connectivity index (χ2v) is 8.85. The van der Waals surface area contributed by atoms with E-state index < -0.39 is 0 Å². The fraction of sp³-hybridized carbons (Fsp3) is 0.409. The van der Waals surface area contributed by atoms with Gasteiger partial charge in [0.2, 0.25) is 5.91 Å². The van der Waals surface area contributed by atoms with Crippen LogP contribution in [0.2, 0.25) is 0 Å². The number of ether oxygens (including phenoxy) is 1. The van der Waals surface area contributed by atoms with E-state index in [1.54, 1.807) is 0 Å². The molecule has 28 heavy (non-hydrogen) atoms. The first kappa shape index (κ1) is 19.7. The third-order valence-electron chi connectivity index (χ3n) is 5.45. The van der Waals surface area contributed by atoms with Crippen LogP contribution in [0.25, 0.3) is 0 Å². The summed E-state index contributed by atoms with van der Waals surface area (Å²) in [6.45, 7) is 8.08. The number of carbonyl (C=O) groups is 1. The number of hydrogen-bond donors (Lipinski definition) is 1. The number of rotatable bonds is 5. The van der Waals surface area contributed by atoms with Crippen molar-refractivity contribution in [1.82, 2.24) is 9.80 Å². The van der Waals surface area contributed by atoms with Gasteiger partial charge < -0.3 is 10.1 Å². The van der Waals surface area contributed by atoms with Crippen LogP contribution in [0.15, 0.2) is 36.4 Å². The van der Waals surface area contributed by atoms with Crippen molar-refractivity contribution < 1.29 is 9.53 Å². The molecule has 4 rings (SSSR count). The highest BCUT2D eigenvalue weighted by molar-refractivity contribution is 14.1. The van der Waals surface area contributed by atoms with Crippen molar-refractivity contribution in [3.05, 3.63) is 56.7 Å². The van der Waals surface area contributed by atoms with E-state index >= 15 is 0 Å². The lowest BCUT2D eigenvalue weighted by molar-refractivity contribution is -0.117. The van der Waals surface area contributed by atoms with Crippen molar-refractivity contribution in [2.24, 2.45) is 0 Å². The van der Waals surface area contributed by atoms with E-state index in [1.165, 1.54) is 14.7 Å². The molecule has 0 aliphatic carbocycles. The zero-order valence-electron chi connectivity index (χ0n) is 16.2. The number of carbonyl (C=O) groups excluding carboxylic acids is 1. The number of benzene rings is 2. The summed E-state index contributed by atoms with van der Waals surface area (Å²) in [7, 11) is 0. The summed E-state index contributed by atoms with van der Waals surface area (Å²) < 4.78 is 6.77. The molecule has 5 nitrogen and oxygen atoms in total. The largest absolute Gasteiger partial charge is 0.493 e. The summed E-state index contributed by atoms with van der Waals surface area (Å²) in [5.74, 6) is 1.11. The van der Waals surface area contributed by atoms with Crippen LogP contribution in [0.5, 0.6) is 5.75 Å². The third kappa shape index (κ3) is 4.85. The third-order valence-corrected chi connectivity index (χ3v) is 6.13. The molecule has 1 fully saturated rings. The average Bonchev–Trinajstić information content (AvgIpc) is 3.13. The molecule has 0 spiro atoms. The Morgan fingerprint density at radius 3 is 2.68 bits per heavy atom. The number of fused-ring (bicyclic) bond motifs is 1. The maximum absolute atomic E-state index is 12.4. The number of piperazine rings is 1. The van der Waals surface area contributed by atoms with Crippen molar-refractivity contribution in [1.29, 1.82) is 0 Å². The van der Waals surface area contributed by atoms with E-state index in [4.69, 9.17) is 4.74 Å². The molecular formula is C22H26IN3O2. The maximum atomic E-state index is 12.4. The minimum Gasteiger partial charge on any atom is -0.493 e. The minimum absolute atomic E-state index is 0.0661. The Balaban J connectivity index is 1.24. The predicted molar refractivity (Wildman–Crippen MR) is 120 cm³/mol. The first-order chi connectivity index (χ1) is 13.6. The highest BCUT2D eigenvalue weighted by Gasteiger charge is 2.20. The quantitative estimate of drug-likeness (QED) is 0.653. The van der Waals surface area contributed by atoms with E-state index in [0.717, 1.165) is 62.8 Å². The van der Waals surface area contributed by atoms with Gasteiger partial charge in [0, 0.05) is 48.4 Å². The van der Waals surface area contributed by atoms with E-state index in [9.17, 15) is 4.79 Å². The van der Waals surface area contributed by atoms with E-state index in [-0.39, 0.29) is 5.91 Å². The normalized spacial score (nSPS) is 17.2. The van der Waals surface area contributed by atoms with Crippen molar-refractivity contribution in [3.8, 4) is 5.75 Å². The molecule has 6 heteroatoms. The summed E-state index contributed by atoms with van der Waals surface area (Å²) in [5, 5.41) is 3.05. The summed E-state index contributed by atoms with van der Waals surface area (Å²) in [6, 6.07) is 12.6. The van der Waals surface area contributed by atoms with Crippen LogP contribution in [0, 0.1) is 10.5 Å². The molecule has 1 saturated heterocycles. The molecule has 2 heterocycles. The second kappa shape index (κ2) is 8.80. The molecule has 0 atom stereocenters. The van der Waals surface area contributed by atoms with Crippen LogP contribution in [0.3, 0.4) is 0 Å². The van der Waals surface area contributed by atoms with E-state index in [2.05, 4.69) is 62.0 Å². The molecule has 2 aliphatic rings. The van der Waals surface area contributed by atoms with Gasteiger partial charge in [-0.2, -0.15) is 0 Å². The summed E-state index contributed by atoms with van der Waals surface area (Å²) >= 11 is 2.29. The lowest BCUT2D eigenvalue weighted by Crippen LogP contribution is -2.48. The Bertz CT molecular complexity index is 863. The van der Waals surface area contributed by atoms with Gasteiger partial charge in [-0.3, -0.25) is 14.6 Å². The SMILES string of the molecule is Cc1cc(I)ccc1NC(=O)CN1CCN(Cc2ccc3c(c2)CCO3)CC1. The van der Waals surface area contributed by atoms with Gasteiger partial charge in [-0.05, 0) is 70.5 Å². The van der Waals surface area contributed by atoms with Gasteiger partial charge in [0.25, 0.3) is 0 Å². The topological polar surface area (TPSA) is 44.8 Å². The Labute approximate surface area is 180 Å². The second-order valence-electron chi connectivity index (χ2n) is 7.60. The summed E-state index contributed by atoms with van der Waals surface area (Å²) in [4.78, 5) is 17.1. The van der Waals surface area contributed by atoms with Gasteiger partial charge in [-0.15, -0.1) is 0 Å². The first-order valence-corrected chi connectivity index (χ1v) is 10.9.